The molecular formula is C15H18N4O. The lowest BCUT2D eigenvalue weighted by atomic mass is 10.2. The van der Waals surface area contributed by atoms with Crippen LogP contribution in [-0.4, -0.2) is 31.8 Å². The Hall–Kier alpha value is -2.30. The van der Waals surface area contributed by atoms with Crippen molar-refractivity contribution in [2.24, 2.45) is 10.7 Å². The van der Waals surface area contributed by atoms with Gasteiger partial charge < -0.3 is 16.0 Å². The van der Waals surface area contributed by atoms with E-state index in [9.17, 15) is 4.79 Å². The Morgan fingerprint density at radius 2 is 1.90 bits per heavy atom. The van der Waals surface area contributed by atoms with Gasteiger partial charge in [-0.15, -0.1) is 0 Å². The van der Waals surface area contributed by atoms with Gasteiger partial charge in [-0.3, -0.25) is 9.79 Å². The van der Waals surface area contributed by atoms with Gasteiger partial charge in [0.2, 0.25) is 0 Å². The van der Waals surface area contributed by atoms with Crippen molar-refractivity contribution in [1.29, 1.82) is 0 Å². The van der Waals surface area contributed by atoms with E-state index in [0.717, 1.165) is 18.8 Å². The maximum atomic E-state index is 11.5. The topological polar surface area (TPSA) is 70.7 Å². The molecule has 0 saturated carbocycles. The van der Waals surface area contributed by atoms with E-state index in [4.69, 9.17) is 5.73 Å². The monoisotopic (exact) mass is 270 g/mol. The predicted molar refractivity (Wildman–Crippen MR) is 80.3 cm³/mol. The van der Waals surface area contributed by atoms with Crippen molar-refractivity contribution < 1.29 is 4.79 Å². The van der Waals surface area contributed by atoms with Gasteiger partial charge in [0.15, 0.2) is 0 Å². The number of anilines is 1. The molecule has 0 radical (unpaired) electrons. The van der Waals surface area contributed by atoms with Gasteiger partial charge in [0, 0.05) is 30.7 Å². The Bertz CT molecular complexity index is 568. The molecule has 5 heteroatoms. The lowest BCUT2D eigenvalue weighted by molar-refractivity contribution is -0.116. The quantitative estimate of drug-likeness (QED) is 0.814. The van der Waals surface area contributed by atoms with Gasteiger partial charge in [-0.25, -0.2) is 0 Å². The highest BCUT2D eigenvalue weighted by Crippen LogP contribution is 2.23. The molecule has 0 atom stereocenters. The fourth-order valence-corrected chi connectivity index (χ4v) is 2.52. The van der Waals surface area contributed by atoms with Crippen LogP contribution in [0.15, 0.2) is 40.5 Å². The minimum absolute atomic E-state index is 0.153. The Balaban J connectivity index is 1.72. The van der Waals surface area contributed by atoms with Crippen LogP contribution < -0.4 is 16.0 Å². The third-order valence-corrected chi connectivity index (χ3v) is 3.69. The second-order valence-electron chi connectivity index (χ2n) is 5.09. The number of nitrogens with two attached hydrogens (primary N) is 1. The molecule has 2 heterocycles. The number of benzene rings is 1. The third kappa shape index (κ3) is 2.52. The summed E-state index contributed by atoms with van der Waals surface area (Å²) in [4.78, 5) is 18.2. The summed E-state index contributed by atoms with van der Waals surface area (Å²) in [6.45, 7) is 2.67. The molecule has 0 unspecified atom stereocenters. The summed E-state index contributed by atoms with van der Waals surface area (Å²) in [5.41, 5.74) is 8.82. The van der Waals surface area contributed by atoms with Crippen LogP contribution in [0.5, 0.6) is 0 Å². The summed E-state index contributed by atoms with van der Waals surface area (Å²) < 4.78 is 0. The van der Waals surface area contributed by atoms with Crippen molar-refractivity contribution in [3.63, 3.8) is 0 Å². The van der Waals surface area contributed by atoms with Crippen LogP contribution in [0.4, 0.5) is 11.4 Å². The minimum atomic E-state index is -0.153. The average molecular weight is 270 g/mol. The summed E-state index contributed by atoms with van der Waals surface area (Å²) in [6.07, 6.45) is 4.08. The van der Waals surface area contributed by atoms with Gasteiger partial charge in [0.05, 0.1) is 17.8 Å². The number of carbonyl (C=O) groups is 1. The standard InChI is InChI=1S/C15H18N4O/c16-14-10-18-15(20)13(14)9-17-11-3-5-12(6-4-11)19-7-1-2-8-19/h3-6,9H,1-2,7-8,10,16H2,(H,18,20). The Morgan fingerprint density at radius 3 is 2.50 bits per heavy atom. The van der Waals surface area contributed by atoms with E-state index < -0.39 is 0 Å². The molecule has 1 aromatic carbocycles. The van der Waals surface area contributed by atoms with Gasteiger partial charge in [-0.1, -0.05) is 0 Å². The molecular weight excluding hydrogens is 252 g/mol. The Kier molecular flexibility index (Phi) is 3.41. The summed E-state index contributed by atoms with van der Waals surface area (Å²) in [6, 6.07) is 8.08. The van der Waals surface area contributed by atoms with Gasteiger partial charge in [-0.05, 0) is 37.1 Å². The van der Waals surface area contributed by atoms with Crippen LogP contribution in [0.25, 0.3) is 0 Å². The molecule has 104 valence electrons. The fourth-order valence-electron chi connectivity index (χ4n) is 2.52. The number of hydrogen-bond acceptors (Lipinski definition) is 4. The van der Waals surface area contributed by atoms with Crippen LogP contribution in [0.2, 0.25) is 0 Å². The summed E-state index contributed by atoms with van der Waals surface area (Å²) in [5, 5.41) is 2.67. The maximum Gasteiger partial charge on any atom is 0.254 e. The molecule has 20 heavy (non-hydrogen) atoms. The van der Waals surface area contributed by atoms with Crippen molar-refractivity contribution in [3.05, 3.63) is 35.5 Å². The largest absolute Gasteiger partial charge is 0.400 e. The number of carbonyl (C=O) groups excluding carboxylic acids is 1. The van der Waals surface area contributed by atoms with Crippen LogP contribution in [-0.2, 0) is 4.79 Å². The second-order valence-corrected chi connectivity index (χ2v) is 5.09. The minimum Gasteiger partial charge on any atom is -0.400 e. The van der Waals surface area contributed by atoms with E-state index in [0.29, 0.717) is 17.8 Å². The molecule has 1 aromatic rings. The number of amides is 1. The van der Waals surface area contributed by atoms with E-state index in [2.05, 4.69) is 27.3 Å². The zero-order chi connectivity index (χ0) is 13.9. The summed E-state index contributed by atoms with van der Waals surface area (Å²) in [5.74, 6) is -0.153. The zero-order valence-corrected chi connectivity index (χ0v) is 11.3. The second kappa shape index (κ2) is 5.36. The van der Waals surface area contributed by atoms with Crippen molar-refractivity contribution in [1.82, 2.24) is 5.32 Å². The average Bonchev–Trinajstić information content (AvgIpc) is 3.09. The number of nitrogens with zero attached hydrogens (tertiary/aromatic N) is 2. The molecule has 3 N–H and O–H groups in total. The first-order valence-electron chi connectivity index (χ1n) is 6.90. The van der Waals surface area contributed by atoms with Gasteiger partial charge >= 0.3 is 0 Å². The molecule has 3 rings (SSSR count). The van der Waals surface area contributed by atoms with Crippen LogP contribution in [0.3, 0.4) is 0 Å². The van der Waals surface area contributed by atoms with Crippen molar-refractivity contribution in [2.75, 3.05) is 24.5 Å². The molecule has 0 spiro atoms. The summed E-state index contributed by atoms with van der Waals surface area (Å²) >= 11 is 0. The molecule has 2 aliphatic heterocycles. The first-order chi connectivity index (χ1) is 9.74. The highest BCUT2D eigenvalue weighted by molar-refractivity contribution is 6.15. The fraction of sp³-hybridized carbons (Fsp3) is 0.333. The Labute approximate surface area is 118 Å². The number of hydrogen-bond donors (Lipinski definition) is 2. The van der Waals surface area contributed by atoms with Crippen molar-refractivity contribution >= 4 is 23.5 Å². The van der Waals surface area contributed by atoms with Crippen LogP contribution in [0.1, 0.15) is 12.8 Å². The van der Waals surface area contributed by atoms with E-state index in [1.54, 1.807) is 6.21 Å². The van der Waals surface area contributed by atoms with E-state index in [-0.39, 0.29) is 5.91 Å². The lowest BCUT2D eigenvalue weighted by Crippen LogP contribution is -2.18. The number of aliphatic imine (C=N–C) groups is 1. The molecule has 0 aromatic heterocycles. The zero-order valence-electron chi connectivity index (χ0n) is 11.3. The normalized spacial score (nSPS) is 19.2. The molecule has 1 amide bonds. The maximum absolute atomic E-state index is 11.5. The lowest BCUT2D eigenvalue weighted by Gasteiger charge is -2.17. The first-order valence-corrected chi connectivity index (χ1v) is 6.90. The summed E-state index contributed by atoms with van der Waals surface area (Å²) in [7, 11) is 0. The number of rotatable bonds is 3. The van der Waals surface area contributed by atoms with Crippen molar-refractivity contribution in [2.45, 2.75) is 12.8 Å². The third-order valence-electron chi connectivity index (χ3n) is 3.69. The molecule has 5 nitrogen and oxygen atoms in total. The predicted octanol–water partition coefficient (Wildman–Crippen LogP) is 1.33. The highest BCUT2D eigenvalue weighted by Gasteiger charge is 2.18. The SMILES string of the molecule is NC1=C(C=Nc2ccc(N3CCCC3)cc2)C(=O)NC1. The van der Waals surface area contributed by atoms with Gasteiger partial charge in [0.1, 0.15) is 0 Å². The van der Waals surface area contributed by atoms with Gasteiger partial charge in [-0.2, -0.15) is 0 Å². The highest BCUT2D eigenvalue weighted by atomic mass is 16.1. The van der Waals surface area contributed by atoms with E-state index in [1.807, 2.05) is 12.1 Å². The van der Waals surface area contributed by atoms with Crippen molar-refractivity contribution in [3.8, 4) is 0 Å². The molecule has 2 aliphatic rings. The van der Waals surface area contributed by atoms with Gasteiger partial charge in [0.25, 0.3) is 5.91 Å². The number of nitrogens with one attached hydrogen (secondary N) is 1. The molecule has 1 fully saturated rings. The van der Waals surface area contributed by atoms with E-state index in [1.165, 1.54) is 18.5 Å². The molecule has 0 aliphatic carbocycles. The van der Waals surface area contributed by atoms with E-state index >= 15 is 0 Å². The smallest absolute Gasteiger partial charge is 0.254 e. The Morgan fingerprint density at radius 1 is 1.20 bits per heavy atom. The molecule has 1 saturated heterocycles. The first kappa shape index (κ1) is 12.7. The molecule has 0 bridgehead atoms. The van der Waals surface area contributed by atoms with Crippen LogP contribution in [0, 0.1) is 0 Å². The van der Waals surface area contributed by atoms with Crippen LogP contribution >= 0.6 is 0 Å².